The fraction of sp³-hybridized carbons (Fsp3) is 0.767. The number of nitrogens with two attached hydrogens (primary N) is 7. The molecule has 1 unspecified atom stereocenters. The van der Waals surface area contributed by atoms with Crippen LogP contribution in [0.1, 0.15) is 83.5 Å². The summed E-state index contributed by atoms with van der Waals surface area (Å²) in [5.74, 6) is -3.12. The molecule has 1 aliphatic rings. The summed E-state index contributed by atoms with van der Waals surface area (Å²) < 4.78 is 0. The average Bonchev–Trinajstić information content (AvgIpc) is 3.54. The lowest BCUT2D eigenvalue weighted by molar-refractivity contribution is -0.143. The molecular formula is C30H59N13O6. The fourth-order valence-corrected chi connectivity index (χ4v) is 5.35. The molecule has 5 atom stereocenters. The summed E-state index contributed by atoms with van der Waals surface area (Å²) in [5.41, 5.74) is 38.9. The Bertz CT molecular complexity index is 1110. The Balaban J connectivity index is 2.64. The number of aliphatic carboxylic acids is 1. The van der Waals surface area contributed by atoms with Crippen LogP contribution in [0.25, 0.3) is 0 Å². The van der Waals surface area contributed by atoms with Gasteiger partial charge in [0.15, 0.2) is 11.9 Å². The standard InChI is InChI=1S/C30H59N13O6/c31-14-4-1-11-21(25(45)42-22(28(48)49)12-7-17-40-30(36)37)41-26(46)23-13-8-18-43(23)27(47)20(33)10-3-5-15-38-24(44)19(32)9-2-6-16-39-29(34)35/h19-23H,1-18,31-33H2,(H,38,44)(H,41,46)(H,42,45)(H,48,49)(H4,34,35,39)(H4,36,37,40)/t19?,20-,21-,22-,23-/m0/s1. The number of rotatable bonds is 25. The fourth-order valence-electron chi connectivity index (χ4n) is 5.35. The van der Waals surface area contributed by atoms with Crippen molar-refractivity contribution >= 4 is 41.5 Å². The normalized spacial score (nSPS) is 16.5. The van der Waals surface area contributed by atoms with E-state index in [4.69, 9.17) is 40.1 Å². The number of amides is 4. The smallest absolute Gasteiger partial charge is 0.326 e. The summed E-state index contributed by atoms with van der Waals surface area (Å²) in [6, 6.07) is -4.56. The zero-order valence-electron chi connectivity index (χ0n) is 28.5. The van der Waals surface area contributed by atoms with Crippen molar-refractivity contribution < 1.29 is 29.1 Å². The van der Waals surface area contributed by atoms with Crippen LogP contribution in [-0.4, -0.2) is 114 Å². The maximum atomic E-state index is 13.4. The van der Waals surface area contributed by atoms with Crippen molar-refractivity contribution in [3.05, 3.63) is 0 Å². The molecule has 1 fully saturated rings. The molecule has 0 aliphatic carbocycles. The molecule has 1 aliphatic heterocycles. The first kappa shape index (κ1) is 42.8. The van der Waals surface area contributed by atoms with Crippen LogP contribution < -0.4 is 56.1 Å². The lowest BCUT2D eigenvalue weighted by atomic mass is 10.1. The summed E-state index contributed by atoms with van der Waals surface area (Å²) in [6.45, 7) is 1.78. The van der Waals surface area contributed by atoms with Gasteiger partial charge in [-0.1, -0.05) is 0 Å². The molecule has 49 heavy (non-hydrogen) atoms. The van der Waals surface area contributed by atoms with E-state index in [2.05, 4.69) is 25.9 Å². The van der Waals surface area contributed by atoms with Gasteiger partial charge in [0.2, 0.25) is 23.6 Å². The molecule has 0 saturated carbocycles. The number of aliphatic imine (C=N–C) groups is 2. The second-order valence-corrected chi connectivity index (χ2v) is 12.2. The Kier molecular flexibility index (Phi) is 21.0. The molecule has 19 nitrogen and oxygen atoms in total. The Morgan fingerprint density at radius 3 is 1.96 bits per heavy atom. The lowest BCUT2D eigenvalue weighted by Gasteiger charge is -2.28. The number of likely N-dealkylation sites (tertiary alicyclic amines) is 1. The number of hydrogen-bond donors (Lipinski definition) is 11. The van der Waals surface area contributed by atoms with Gasteiger partial charge in [-0.3, -0.25) is 29.2 Å². The van der Waals surface area contributed by atoms with Crippen molar-refractivity contribution in [2.45, 2.75) is 114 Å². The second kappa shape index (κ2) is 24.0. The highest BCUT2D eigenvalue weighted by atomic mass is 16.4. The van der Waals surface area contributed by atoms with E-state index in [0.717, 1.165) is 0 Å². The number of carboxylic acids is 1. The largest absolute Gasteiger partial charge is 0.480 e. The molecule has 0 aromatic rings. The predicted molar refractivity (Wildman–Crippen MR) is 186 cm³/mol. The summed E-state index contributed by atoms with van der Waals surface area (Å²) in [7, 11) is 0. The topological polar surface area (TPSA) is 352 Å². The van der Waals surface area contributed by atoms with Crippen LogP contribution in [0.2, 0.25) is 0 Å². The molecule has 0 spiro atoms. The number of carboxylic acid groups (broad SMARTS) is 1. The summed E-state index contributed by atoms with van der Waals surface area (Å²) in [5, 5.41) is 17.7. The highest BCUT2D eigenvalue weighted by Crippen LogP contribution is 2.20. The van der Waals surface area contributed by atoms with Crippen LogP contribution >= 0.6 is 0 Å². The van der Waals surface area contributed by atoms with Crippen molar-refractivity contribution in [3.8, 4) is 0 Å². The van der Waals surface area contributed by atoms with E-state index >= 15 is 0 Å². The van der Waals surface area contributed by atoms with Crippen LogP contribution in [0, 0.1) is 0 Å². The zero-order chi connectivity index (χ0) is 36.8. The number of unbranched alkanes of at least 4 members (excludes halogenated alkanes) is 3. The summed E-state index contributed by atoms with van der Waals surface area (Å²) in [6.07, 6.45) is 6.12. The molecule has 0 bridgehead atoms. The molecule has 1 saturated heterocycles. The number of hydrogen-bond acceptors (Lipinski definition) is 10. The van der Waals surface area contributed by atoms with Crippen molar-refractivity contribution in [2.24, 2.45) is 50.1 Å². The van der Waals surface area contributed by atoms with Gasteiger partial charge in [0.25, 0.3) is 0 Å². The van der Waals surface area contributed by atoms with Crippen molar-refractivity contribution in [1.29, 1.82) is 0 Å². The van der Waals surface area contributed by atoms with Gasteiger partial charge in [0.05, 0.1) is 12.1 Å². The molecule has 18 N–H and O–H groups in total. The average molecular weight is 698 g/mol. The second-order valence-electron chi connectivity index (χ2n) is 12.2. The van der Waals surface area contributed by atoms with Gasteiger partial charge < -0.3 is 66.1 Å². The Hall–Kier alpha value is -4.23. The van der Waals surface area contributed by atoms with E-state index in [1.54, 1.807) is 0 Å². The van der Waals surface area contributed by atoms with Crippen LogP contribution in [0.3, 0.4) is 0 Å². The van der Waals surface area contributed by atoms with Crippen LogP contribution in [0.4, 0.5) is 0 Å². The summed E-state index contributed by atoms with van der Waals surface area (Å²) in [4.78, 5) is 73.0. The lowest BCUT2D eigenvalue weighted by Crippen LogP contribution is -2.56. The van der Waals surface area contributed by atoms with Gasteiger partial charge in [0, 0.05) is 26.2 Å². The van der Waals surface area contributed by atoms with Crippen molar-refractivity contribution in [2.75, 3.05) is 32.7 Å². The third kappa shape index (κ3) is 17.7. The molecule has 1 heterocycles. The van der Waals surface area contributed by atoms with Gasteiger partial charge in [-0.25, -0.2) is 4.79 Å². The minimum absolute atomic E-state index is 0.0254. The molecule has 0 aromatic heterocycles. The highest BCUT2D eigenvalue weighted by Gasteiger charge is 2.37. The third-order valence-electron chi connectivity index (χ3n) is 8.09. The quantitative estimate of drug-likeness (QED) is 0.0252. The number of nitrogens with one attached hydrogen (secondary N) is 3. The zero-order valence-corrected chi connectivity index (χ0v) is 28.5. The van der Waals surface area contributed by atoms with Gasteiger partial charge >= 0.3 is 5.97 Å². The SMILES string of the molecule is NCCCC[C@H](NC(=O)[C@@H]1CCCN1C(=O)[C@@H](N)CCCCNC(=O)C(N)CCCCN=C(N)N)C(=O)N[C@@H](CCCN=C(N)N)C(=O)O. The minimum Gasteiger partial charge on any atom is -0.480 e. The molecular weight excluding hydrogens is 638 g/mol. The first-order chi connectivity index (χ1) is 23.3. The van der Waals surface area contributed by atoms with E-state index in [-0.39, 0.29) is 43.1 Å². The maximum Gasteiger partial charge on any atom is 0.326 e. The van der Waals surface area contributed by atoms with Gasteiger partial charge in [-0.2, -0.15) is 0 Å². The molecule has 0 radical (unpaired) electrons. The van der Waals surface area contributed by atoms with Crippen LogP contribution in [0.15, 0.2) is 9.98 Å². The first-order valence-electron chi connectivity index (χ1n) is 17.0. The molecule has 19 heteroatoms. The van der Waals surface area contributed by atoms with E-state index < -0.39 is 48.0 Å². The van der Waals surface area contributed by atoms with E-state index in [1.807, 2.05) is 0 Å². The van der Waals surface area contributed by atoms with Crippen LogP contribution in [0.5, 0.6) is 0 Å². The van der Waals surface area contributed by atoms with Gasteiger partial charge in [-0.15, -0.1) is 0 Å². The number of carbonyl (C=O) groups excluding carboxylic acids is 4. The Morgan fingerprint density at radius 1 is 0.735 bits per heavy atom. The van der Waals surface area contributed by atoms with E-state index in [1.165, 1.54) is 4.90 Å². The van der Waals surface area contributed by atoms with Gasteiger partial charge in [-0.05, 0) is 90.0 Å². The van der Waals surface area contributed by atoms with Crippen LogP contribution in [-0.2, 0) is 24.0 Å². The first-order valence-corrected chi connectivity index (χ1v) is 17.0. The molecule has 280 valence electrons. The third-order valence-corrected chi connectivity index (χ3v) is 8.09. The molecule has 4 amide bonds. The number of guanidine groups is 2. The monoisotopic (exact) mass is 697 g/mol. The Morgan fingerprint density at radius 2 is 1.33 bits per heavy atom. The Labute approximate surface area is 287 Å². The van der Waals surface area contributed by atoms with Crippen molar-refractivity contribution in [1.82, 2.24) is 20.9 Å². The number of nitrogens with zero attached hydrogens (tertiary/aromatic N) is 3. The highest BCUT2D eigenvalue weighted by molar-refractivity contribution is 5.94. The number of carbonyl (C=O) groups is 5. The molecule has 1 rings (SSSR count). The summed E-state index contributed by atoms with van der Waals surface area (Å²) >= 11 is 0. The van der Waals surface area contributed by atoms with Gasteiger partial charge in [0.1, 0.15) is 18.1 Å². The van der Waals surface area contributed by atoms with E-state index in [9.17, 15) is 29.1 Å². The maximum absolute atomic E-state index is 13.4. The van der Waals surface area contributed by atoms with Crippen molar-refractivity contribution in [3.63, 3.8) is 0 Å². The van der Waals surface area contributed by atoms with E-state index in [0.29, 0.717) is 96.8 Å². The minimum atomic E-state index is -1.23. The predicted octanol–water partition coefficient (Wildman–Crippen LogP) is -3.40. The molecule has 0 aromatic carbocycles.